The van der Waals surface area contributed by atoms with E-state index in [4.69, 9.17) is 10.6 Å². The Labute approximate surface area is 126 Å². The first-order valence-electron chi connectivity index (χ1n) is 7.03. The fourth-order valence-electron chi connectivity index (χ4n) is 2.54. The highest BCUT2D eigenvalue weighted by Crippen LogP contribution is 2.34. The van der Waals surface area contributed by atoms with Gasteiger partial charge >= 0.3 is 0 Å². The van der Waals surface area contributed by atoms with Gasteiger partial charge in [0.15, 0.2) is 0 Å². The fourth-order valence-corrected chi connectivity index (χ4v) is 2.54. The molecule has 1 aromatic heterocycles. The lowest BCUT2D eigenvalue weighted by Gasteiger charge is -2.27. The van der Waals surface area contributed by atoms with Crippen LogP contribution in [0, 0.1) is 0 Å². The standard InChI is InChI=1S/C17H23N3O/c1-17(2,3)13-9-6-5-8-12(13)15(20-18)16-14(21-4)10-7-11-19-16/h5-11,15,20H,18H2,1-4H3. The summed E-state index contributed by atoms with van der Waals surface area (Å²) in [4.78, 5) is 4.45. The molecule has 4 heteroatoms. The van der Waals surface area contributed by atoms with E-state index in [0.717, 1.165) is 17.0 Å². The zero-order chi connectivity index (χ0) is 15.5. The summed E-state index contributed by atoms with van der Waals surface area (Å²) in [6.07, 6.45) is 1.75. The monoisotopic (exact) mass is 285 g/mol. The molecule has 0 saturated heterocycles. The molecule has 0 aliphatic heterocycles. The first-order valence-corrected chi connectivity index (χ1v) is 7.03. The number of rotatable bonds is 4. The molecule has 2 aromatic rings. The minimum atomic E-state index is -0.212. The maximum Gasteiger partial charge on any atom is 0.142 e. The molecule has 1 atom stereocenters. The molecule has 112 valence electrons. The van der Waals surface area contributed by atoms with E-state index in [2.05, 4.69) is 43.3 Å². The molecular formula is C17H23N3O. The van der Waals surface area contributed by atoms with Gasteiger partial charge < -0.3 is 4.74 Å². The Kier molecular flexibility index (Phi) is 4.60. The summed E-state index contributed by atoms with van der Waals surface area (Å²) >= 11 is 0. The van der Waals surface area contributed by atoms with E-state index in [1.165, 1.54) is 5.56 Å². The van der Waals surface area contributed by atoms with E-state index in [1.807, 2.05) is 24.3 Å². The number of pyridine rings is 1. The van der Waals surface area contributed by atoms with Crippen LogP contribution in [0.1, 0.15) is 43.6 Å². The van der Waals surface area contributed by atoms with Crippen LogP contribution < -0.4 is 16.0 Å². The van der Waals surface area contributed by atoms with Crippen molar-refractivity contribution in [3.8, 4) is 5.75 Å². The number of nitrogens with two attached hydrogens (primary N) is 1. The molecular weight excluding hydrogens is 262 g/mol. The molecule has 0 bridgehead atoms. The highest BCUT2D eigenvalue weighted by atomic mass is 16.5. The summed E-state index contributed by atoms with van der Waals surface area (Å²) in [6.45, 7) is 6.57. The molecule has 2 rings (SSSR count). The molecule has 0 fully saturated rings. The number of nitrogens with zero attached hydrogens (tertiary/aromatic N) is 1. The van der Waals surface area contributed by atoms with Crippen molar-refractivity contribution in [3.05, 3.63) is 59.4 Å². The third kappa shape index (κ3) is 3.23. The minimum Gasteiger partial charge on any atom is -0.495 e. The van der Waals surface area contributed by atoms with Crippen molar-refractivity contribution in [1.29, 1.82) is 0 Å². The van der Waals surface area contributed by atoms with Gasteiger partial charge in [0.1, 0.15) is 11.4 Å². The lowest BCUT2D eigenvalue weighted by molar-refractivity contribution is 0.399. The van der Waals surface area contributed by atoms with E-state index in [9.17, 15) is 0 Å². The van der Waals surface area contributed by atoms with Crippen molar-refractivity contribution in [1.82, 2.24) is 10.4 Å². The number of ether oxygens (including phenoxy) is 1. The van der Waals surface area contributed by atoms with E-state index >= 15 is 0 Å². The number of hydrogen-bond donors (Lipinski definition) is 2. The molecule has 3 N–H and O–H groups in total. The van der Waals surface area contributed by atoms with Crippen molar-refractivity contribution in [2.45, 2.75) is 32.2 Å². The average Bonchev–Trinajstić information content (AvgIpc) is 2.48. The second-order valence-electron chi connectivity index (χ2n) is 6.03. The van der Waals surface area contributed by atoms with E-state index in [0.29, 0.717) is 0 Å². The first-order chi connectivity index (χ1) is 9.99. The van der Waals surface area contributed by atoms with Crippen LogP contribution in [0.15, 0.2) is 42.6 Å². The number of nitrogens with one attached hydrogen (secondary N) is 1. The van der Waals surface area contributed by atoms with Crippen LogP contribution in [-0.2, 0) is 5.41 Å². The third-order valence-electron chi connectivity index (χ3n) is 3.54. The zero-order valence-electron chi connectivity index (χ0n) is 13.1. The second kappa shape index (κ2) is 6.24. The molecule has 4 nitrogen and oxygen atoms in total. The average molecular weight is 285 g/mol. The molecule has 0 aliphatic carbocycles. The van der Waals surface area contributed by atoms with Gasteiger partial charge in [-0.3, -0.25) is 10.8 Å². The Morgan fingerprint density at radius 2 is 1.86 bits per heavy atom. The number of hydrazine groups is 1. The van der Waals surface area contributed by atoms with Crippen LogP contribution in [-0.4, -0.2) is 12.1 Å². The van der Waals surface area contributed by atoms with Gasteiger partial charge in [0.2, 0.25) is 0 Å². The summed E-state index contributed by atoms with van der Waals surface area (Å²) in [7, 11) is 1.64. The van der Waals surface area contributed by atoms with Gasteiger partial charge in [-0.25, -0.2) is 5.43 Å². The normalized spacial score (nSPS) is 13.0. The van der Waals surface area contributed by atoms with Crippen LogP contribution >= 0.6 is 0 Å². The zero-order valence-corrected chi connectivity index (χ0v) is 13.1. The Morgan fingerprint density at radius 1 is 1.14 bits per heavy atom. The topological polar surface area (TPSA) is 60.2 Å². The minimum absolute atomic E-state index is 0.0215. The molecule has 0 amide bonds. The Hall–Kier alpha value is -1.91. The van der Waals surface area contributed by atoms with Gasteiger partial charge in [-0.05, 0) is 28.7 Å². The molecule has 0 saturated carbocycles. The summed E-state index contributed by atoms with van der Waals surface area (Å²) in [6, 6.07) is 11.8. The molecule has 1 unspecified atom stereocenters. The van der Waals surface area contributed by atoms with Crippen LogP contribution in [0.3, 0.4) is 0 Å². The Balaban J connectivity index is 2.58. The van der Waals surface area contributed by atoms with Gasteiger partial charge in [0, 0.05) is 6.20 Å². The maximum absolute atomic E-state index is 5.83. The van der Waals surface area contributed by atoms with Crippen LogP contribution in [0.25, 0.3) is 0 Å². The third-order valence-corrected chi connectivity index (χ3v) is 3.54. The number of aromatic nitrogens is 1. The van der Waals surface area contributed by atoms with E-state index in [-0.39, 0.29) is 11.5 Å². The molecule has 1 heterocycles. The number of methoxy groups -OCH3 is 1. The van der Waals surface area contributed by atoms with Crippen molar-refractivity contribution < 1.29 is 4.74 Å². The summed E-state index contributed by atoms with van der Waals surface area (Å²) in [5.41, 5.74) is 6.04. The second-order valence-corrected chi connectivity index (χ2v) is 6.03. The van der Waals surface area contributed by atoms with E-state index in [1.54, 1.807) is 13.3 Å². The number of benzene rings is 1. The SMILES string of the molecule is COc1cccnc1C(NN)c1ccccc1C(C)(C)C. The predicted molar refractivity (Wildman–Crippen MR) is 85.1 cm³/mol. The van der Waals surface area contributed by atoms with Crippen molar-refractivity contribution in [3.63, 3.8) is 0 Å². The quantitative estimate of drug-likeness (QED) is 0.670. The number of hydrogen-bond acceptors (Lipinski definition) is 4. The highest BCUT2D eigenvalue weighted by Gasteiger charge is 2.25. The van der Waals surface area contributed by atoms with Crippen molar-refractivity contribution in [2.24, 2.45) is 5.84 Å². The van der Waals surface area contributed by atoms with Crippen LogP contribution in [0.2, 0.25) is 0 Å². The van der Waals surface area contributed by atoms with Crippen LogP contribution in [0.4, 0.5) is 0 Å². The smallest absolute Gasteiger partial charge is 0.142 e. The summed E-state index contributed by atoms with van der Waals surface area (Å²) in [5, 5.41) is 0. The molecule has 0 radical (unpaired) electrons. The van der Waals surface area contributed by atoms with E-state index < -0.39 is 0 Å². The molecule has 1 aromatic carbocycles. The van der Waals surface area contributed by atoms with Gasteiger partial charge in [-0.1, -0.05) is 45.0 Å². The van der Waals surface area contributed by atoms with Crippen LogP contribution in [0.5, 0.6) is 5.75 Å². The Morgan fingerprint density at radius 3 is 2.48 bits per heavy atom. The van der Waals surface area contributed by atoms with Gasteiger partial charge in [-0.2, -0.15) is 0 Å². The molecule has 0 aliphatic rings. The van der Waals surface area contributed by atoms with Gasteiger partial charge in [0.05, 0.1) is 13.2 Å². The maximum atomic E-state index is 5.83. The Bertz CT molecular complexity index is 605. The summed E-state index contributed by atoms with van der Waals surface area (Å²) in [5.74, 6) is 6.55. The molecule has 21 heavy (non-hydrogen) atoms. The van der Waals surface area contributed by atoms with Gasteiger partial charge in [0.25, 0.3) is 0 Å². The van der Waals surface area contributed by atoms with Crippen molar-refractivity contribution >= 4 is 0 Å². The van der Waals surface area contributed by atoms with Gasteiger partial charge in [-0.15, -0.1) is 0 Å². The summed E-state index contributed by atoms with van der Waals surface area (Å²) < 4.78 is 5.42. The largest absolute Gasteiger partial charge is 0.495 e. The molecule has 0 spiro atoms. The van der Waals surface area contributed by atoms with Crippen molar-refractivity contribution in [2.75, 3.05) is 7.11 Å². The highest BCUT2D eigenvalue weighted by molar-refractivity contribution is 5.42. The first kappa shape index (κ1) is 15.5. The fraction of sp³-hybridized carbons (Fsp3) is 0.353. The lowest BCUT2D eigenvalue weighted by atomic mass is 9.81. The predicted octanol–water partition coefficient (Wildman–Crippen LogP) is 2.94. The lowest BCUT2D eigenvalue weighted by Crippen LogP contribution is -2.32.